The lowest BCUT2D eigenvalue weighted by molar-refractivity contribution is -0.151. The normalized spacial score (nSPS) is 24.4. The minimum Gasteiger partial charge on any atom is -0.481 e. The third kappa shape index (κ3) is 3.50. The number of hydrogen-bond acceptors (Lipinski definition) is 2. The van der Waals surface area contributed by atoms with Gasteiger partial charge in [-0.2, -0.15) is 0 Å². The highest BCUT2D eigenvalue weighted by atomic mass is 79.9. The third-order valence-electron chi connectivity index (χ3n) is 3.68. The molecule has 0 bridgehead atoms. The fourth-order valence-electron chi connectivity index (χ4n) is 2.55. The quantitative estimate of drug-likeness (QED) is 0.905. The van der Waals surface area contributed by atoms with Crippen molar-refractivity contribution in [3.8, 4) is 0 Å². The molecule has 1 unspecified atom stereocenters. The molecule has 0 aromatic heterocycles. The highest BCUT2D eigenvalue weighted by Crippen LogP contribution is 2.31. The number of piperidine rings is 1. The maximum absolute atomic E-state index is 11.3. The lowest BCUT2D eigenvalue weighted by Gasteiger charge is -2.37. The maximum atomic E-state index is 11.3. The van der Waals surface area contributed by atoms with Gasteiger partial charge in [0.1, 0.15) is 0 Å². The first-order chi connectivity index (χ1) is 8.90. The van der Waals surface area contributed by atoms with E-state index in [1.165, 1.54) is 0 Å². The molecule has 104 valence electrons. The van der Waals surface area contributed by atoms with Gasteiger partial charge in [-0.1, -0.05) is 17.7 Å². The first-order valence-electron chi connectivity index (χ1n) is 6.30. The second-order valence-corrected chi connectivity index (χ2v) is 6.69. The Hall–Kier alpha value is -0.580. The summed E-state index contributed by atoms with van der Waals surface area (Å²) < 4.78 is 0.879. The van der Waals surface area contributed by atoms with E-state index >= 15 is 0 Å². The van der Waals surface area contributed by atoms with Gasteiger partial charge in [-0.25, -0.2) is 0 Å². The summed E-state index contributed by atoms with van der Waals surface area (Å²) in [6.07, 6.45) is 1.68. The summed E-state index contributed by atoms with van der Waals surface area (Å²) in [5.74, 6) is -0.700. The van der Waals surface area contributed by atoms with Crippen molar-refractivity contribution in [1.82, 2.24) is 4.90 Å². The van der Waals surface area contributed by atoms with E-state index in [0.29, 0.717) is 11.6 Å². The van der Waals surface area contributed by atoms with Gasteiger partial charge in [-0.15, -0.1) is 0 Å². The maximum Gasteiger partial charge on any atom is 0.310 e. The number of carboxylic acid groups (broad SMARTS) is 1. The molecule has 0 amide bonds. The Bertz CT molecular complexity index is 494. The van der Waals surface area contributed by atoms with E-state index in [1.54, 1.807) is 0 Å². The van der Waals surface area contributed by atoms with Crippen LogP contribution in [0.3, 0.4) is 0 Å². The molecule has 3 nitrogen and oxygen atoms in total. The molecule has 2 rings (SSSR count). The molecule has 1 aromatic rings. The lowest BCUT2D eigenvalue weighted by Crippen LogP contribution is -2.45. The van der Waals surface area contributed by atoms with E-state index < -0.39 is 11.4 Å². The van der Waals surface area contributed by atoms with Crippen LogP contribution < -0.4 is 0 Å². The summed E-state index contributed by atoms with van der Waals surface area (Å²) in [5, 5.41) is 10.0. The van der Waals surface area contributed by atoms with Crippen LogP contribution in [0.15, 0.2) is 22.7 Å². The monoisotopic (exact) mass is 345 g/mol. The molecule has 1 saturated heterocycles. The Balaban J connectivity index is 2.06. The van der Waals surface area contributed by atoms with Crippen molar-refractivity contribution in [2.75, 3.05) is 13.1 Å². The van der Waals surface area contributed by atoms with Crippen LogP contribution in [0.25, 0.3) is 0 Å². The molecule has 0 radical (unpaired) electrons. The Labute approximate surface area is 126 Å². The molecule has 5 heteroatoms. The first kappa shape index (κ1) is 14.8. The van der Waals surface area contributed by atoms with Crippen molar-refractivity contribution in [2.24, 2.45) is 5.41 Å². The van der Waals surface area contributed by atoms with Gasteiger partial charge < -0.3 is 5.11 Å². The molecule has 1 atom stereocenters. The smallest absolute Gasteiger partial charge is 0.310 e. The van der Waals surface area contributed by atoms with Gasteiger partial charge in [0.05, 0.1) is 10.4 Å². The van der Waals surface area contributed by atoms with Crippen molar-refractivity contribution < 1.29 is 9.90 Å². The van der Waals surface area contributed by atoms with Crippen molar-refractivity contribution in [2.45, 2.75) is 26.3 Å². The predicted molar refractivity (Wildman–Crippen MR) is 79.4 cm³/mol. The van der Waals surface area contributed by atoms with Crippen molar-refractivity contribution in [3.05, 3.63) is 33.3 Å². The Morgan fingerprint density at radius 3 is 2.95 bits per heavy atom. The van der Waals surface area contributed by atoms with Gasteiger partial charge in [-0.3, -0.25) is 9.69 Å². The minimum atomic E-state index is -0.700. The Morgan fingerprint density at radius 1 is 1.58 bits per heavy atom. The van der Waals surface area contributed by atoms with E-state index in [-0.39, 0.29) is 0 Å². The number of carbonyl (C=O) groups is 1. The van der Waals surface area contributed by atoms with E-state index in [1.807, 2.05) is 25.1 Å². The number of halogens is 2. The molecule has 1 N–H and O–H groups in total. The van der Waals surface area contributed by atoms with Crippen molar-refractivity contribution >= 4 is 33.5 Å². The van der Waals surface area contributed by atoms with Crippen molar-refractivity contribution in [3.63, 3.8) is 0 Å². The van der Waals surface area contributed by atoms with Gasteiger partial charge in [0, 0.05) is 17.6 Å². The van der Waals surface area contributed by atoms with Crippen LogP contribution in [0.4, 0.5) is 0 Å². The number of benzene rings is 1. The SMILES string of the molecule is CC1(C(=O)O)CCCN(Cc2ccc(Cl)c(Br)c2)C1. The summed E-state index contributed by atoms with van der Waals surface area (Å²) in [6, 6.07) is 5.84. The van der Waals surface area contributed by atoms with Crippen LogP contribution in [0.2, 0.25) is 5.02 Å². The number of rotatable bonds is 3. The molecule has 1 heterocycles. The fourth-order valence-corrected chi connectivity index (χ4v) is 3.09. The molecule has 1 fully saturated rings. The van der Waals surface area contributed by atoms with Crippen LogP contribution in [0.1, 0.15) is 25.3 Å². The zero-order valence-electron chi connectivity index (χ0n) is 10.8. The largest absolute Gasteiger partial charge is 0.481 e. The summed E-state index contributed by atoms with van der Waals surface area (Å²) in [6.45, 7) is 4.14. The molecule has 0 aliphatic carbocycles. The number of aliphatic carboxylic acids is 1. The molecular formula is C14H17BrClNO2. The first-order valence-corrected chi connectivity index (χ1v) is 7.47. The molecular weight excluding hydrogens is 330 g/mol. The predicted octanol–water partition coefficient (Wildman–Crippen LogP) is 3.79. The lowest BCUT2D eigenvalue weighted by atomic mass is 9.82. The molecule has 0 spiro atoms. The highest BCUT2D eigenvalue weighted by Gasteiger charge is 2.37. The third-order valence-corrected chi connectivity index (χ3v) is 4.90. The van der Waals surface area contributed by atoms with Crippen molar-refractivity contribution in [1.29, 1.82) is 0 Å². The van der Waals surface area contributed by atoms with Crippen LogP contribution in [0.5, 0.6) is 0 Å². The molecule has 0 saturated carbocycles. The van der Waals surface area contributed by atoms with Gasteiger partial charge in [0.15, 0.2) is 0 Å². The average Bonchev–Trinajstić information content (AvgIpc) is 2.34. The summed E-state index contributed by atoms with van der Waals surface area (Å²) in [4.78, 5) is 13.5. The number of carboxylic acids is 1. The van der Waals surface area contributed by atoms with E-state index in [2.05, 4.69) is 20.8 Å². The van der Waals surface area contributed by atoms with E-state index in [4.69, 9.17) is 11.6 Å². The molecule has 1 aliphatic heterocycles. The number of likely N-dealkylation sites (tertiary alicyclic amines) is 1. The van der Waals surface area contributed by atoms with Gasteiger partial charge in [0.25, 0.3) is 0 Å². The number of hydrogen-bond donors (Lipinski definition) is 1. The second kappa shape index (κ2) is 5.81. The van der Waals surface area contributed by atoms with Gasteiger partial charge >= 0.3 is 5.97 Å². The Morgan fingerprint density at radius 2 is 2.32 bits per heavy atom. The second-order valence-electron chi connectivity index (χ2n) is 5.43. The van der Waals surface area contributed by atoms with E-state index in [9.17, 15) is 9.90 Å². The molecule has 1 aromatic carbocycles. The molecule has 1 aliphatic rings. The van der Waals surface area contributed by atoms with Crippen LogP contribution in [0, 0.1) is 5.41 Å². The van der Waals surface area contributed by atoms with Crippen LogP contribution in [-0.2, 0) is 11.3 Å². The van der Waals surface area contributed by atoms with Gasteiger partial charge in [0.2, 0.25) is 0 Å². The summed E-state index contributed by atoms with van der Waals surface area (Å²) >= 11 is 9.38. The Kier molecular flexibility index (Phi) is 4.54. The fraction of sp³-hybridized carbons (Fsp3) is 0.500. The van der Waals surface area contributed by atoms with Gasteiger partial charge in [-0.05, 0) is 59.9 Å². The zero-order valence-corrected chi connectivity index (χ0v) is 13.2. The topological polar surface area (TPSA) is 40.5 Å². The highest BCUT2D eigenvalue weighted by molar-refractivity contribution is 9.10. The summed E-state index contributed by atoms with van der Waals surface area (Å²) in [5.41, 5.74) is 0.521. The zero-order chi connectivity index (χ0) is 14.0. The van der Waals surface area contributed by atoms with Crippen LogP contribution in [-0.4, -0.2) is 29.1 Å². The summed E-state index contributed by atoms with van der Waals surface area (Å²) in [7, 11) is 0. The molecule has 19 heavy (non-hydrogen) atoms. The van der Waals surface area contributed by atoms with Crippen LogP contribution >= 0.6 is 27.5 Å². The van der Waals surface area contributed by atoms with E-state index in [0.717, 1.165) is 36.0 Å². The average molecular weight is 347 g/mol. The standard InChI is InChI=1S/C14H17BrClNO2/c1-14(13(18)19)5-2-6-17(9-14)8-10-3-4-12(16)11(15)7-10/h3-4,7H,2,5-6,8-9H2,1H3,(H,18,19). The minimum absolute atomic E-state index is 0.600. The number of nitrogens with zero attached hydrogens (tertiary/aromatic N) is 1.